The molecule has 1 aromatic heterocycles. The first-order valence-corrected chi connectivity index (χ1v) is 8.21. The fourth-order valence-electron chi connectivity index (χ4n) is 4.64. The van der Waals surface area contributed by atoms with Gasteiger partial charge in [0.15, 0.2) is 10.8 Å². The summed E-state index contributed by atoms with van der Waals surface area (Å²) in [6.07, 6.45) is 3.24. The number of nitrogens with zero attached hydrogens (tertiary/aromatic N) is 4. The molecule has 124 valence electrons. The quantitative estimate of drug-likeness (QED) is 0.841. The average molecular weight is 333 g/mol. The highest BCUT2D eigenvalue weighted by Crippen LogP contribution is 2.69. The lowest BCUT2D eigenvalue weighted by Gasteiger charge is -2.63. The van der Waals surface area contributed by atoms with E-state index in [1.807, 2.05) is 0 Å². The van der Waals surface area contributed by atoms with E-state index in [2.05, 4.69) is 23.2 Å². The third-order valence-corrected chi connectivity index (χ3v) is 5.77. The van der Waals surface area contributed by atoms with Crippen LogP contribution in [-0.2, 0) is 9.47 Å². The van der Waals surface area contributed by atoms with E-state index in [0.29, 0.717) is 18.5 Å². The fraction of sp³-hybridized carbons (Fsp3) is 0.500. The molecule has 0 amide bonds. The monoisotopic (exact) mass is 333 g/mol. The largest absolute Gasteiger partial charge is 0.447 e. The molecule has 1 aromatic rings. The van der Waals surface area contributed by atoms with Crippen molar-refractivity contribution in [3.8, 4) is 18.2 Å². The van der Waals surface area contributed by atoms with Crippen molar-refractivity contribution >= 4 is 5.90 Å². The topological polar surface area (TPSA) is 127 Å². The molecule has 1 N–H and O–H groups in total. The first-order valence-electron chi connectivity index (χ1n) is 8.21. The second-order valence-electron chi connectivity index (χ2n) is 6.75. The highest BCUT2D eigenvalue weighted by molar-refractivity contribution is 5.88. The standard InChI is InChI=1S/C18H15N5O2/c19-9-16(10-20)13-6-1-3-7-18(13)24-14(12-5-2-4-8-23-12)17(16,11-21)15(22)25-18/h2,4-5,8,13-14,22H,1,3,6-7H2/t13-,14+,17-,18+/m1/s1. The number of nitrogens with one attached hydrogen (secondary N) is 1. The lowest BCUT2D eigenvalue weighted by atomic mass is 9.48. The van der Waals surface area contributed by atoms with Crippen molar-refractivity contribution in [3.63, 3.8) is 0 Å². The third kappa shape index (κ3) is 1.60. The molecule has 4 fully saturated rings. The Hall–Kier alpha value is -2.95. The number of nitriles is 3. The fourth-order valence-corrected chi connectivity index (χ4v) is 4.64. The van der Waals surface area contributed by atoms with Crippen LogP contribution in [0.3, 0.4) is 0 Å². The summed E-state index contributed by atoms with van der Waals surface area (Å²) in [5, 5.41) is 38.6. The van der Waals surface area contributed by atoms with Crippen LogP contribution in [0.2, 0.25) is 0 Å². The highest BCUT2D eigenvalue weighted by atomic mass is 16.7. The van der Waals surface area contributed by atoms with Gasteiger partial charge in [0.05, 0.1) is 29.8 Å². The van der Waals surface area contributed by atoms with Crippen molar-refractivity contribution in [2.45, 2.75) is 37.6 Å². The zero-order valence-corrected chi connectivity index (χ0v) is 13.4. The van der Waals surface area contributed by atoms with Gasteiger partial charge in [-0.05, 0) is 25.0 Å². The summed E-state index contributed by atoms with van der Waals surface area (Å²) in [7, 11) is 0. The maximum atomic E-state index is 10.1. The van der Waals surface area contributed by atoms with Gasteiger partial charge < -0.3 is 9.47 Å². The van der Waals surface area contributed by atoms with Crippen LogP contribution in [0.4, 0.5) is 0 Å². The predicted octanol–water partition coefficient (Wildman–Crippen LogP) is 2.59. The normalized spacial score (nSPS) is 37.7. The van der Waals surface area contributed by atoms with Crippen molar-refractivity contribution in [2.24, 2.45) is 16.7 Å². The van der Waals surface area contributed by atoms with Crippen LogP contribution in [0.25, 0.3) is 0 Å². The second-order valence-corrected chi connectivity index (χ2v) is 6.75. The van der Waals surface area contributed by atoms with Gasteiger partial charge in [-0.3, -0.25) is 10.4 Å². The first kappa shape index (κ1) is 15.6. The Balaban J connectivity index is 2.02. The number of ether oxygens (including phenoxy) is 2. The molecule has 5 rings (SSSR count). The number of rotatable bonds is 1. The maximum Gasteiger partial charge on any atom is 0.218 e. The molecule has 1 aliphatic carbocycles. The Morgan fingerprint density at radius 3 is 2.60 bits per heavy atom. The molecule has 1 spiro atoms. The van der Waals surface area contributed by atoms with Gasteiger partial charge in [-0.25, -0.2) is 0 Å². The van der Waals surface area contributed by atoms with Gasteiger partial charge in [-0.15, -0.1) is 0 Å². The summed E-state index contributed by atoms with van der Waals surface area (Å²) in [5.41, 5.74) is -3.12. The van der Waals surface area contributed by atoms with E-state index >= 15 is 0 Å². The molecule has 1 saturated carbocycles. The summed E-state index contributed by atoms with van der Waals surface area (Å²) in [6, 6.07) is 11.4. The highest BCUT2D eigenvalue weighted by Gasteiger charge is 2.80. The first-order chi connectivity index (χ1) is 12.1. The number of hydrogen-bond donors (Lipinski definition) is 1. The molecule has 0 radical (unpaired) electrons. The zero-order chi connectivity index (χ0) is 17.7. The van der Waals surface area contributed by atoms with E-state index < -0.39 is 28.6 Å². The molecule has 25 heavy (non-hydrogen) atoms. The molecule has 3 aliphatic heterocycles. The van der Waals surface area contributed by atoms with Crippen molar-refractivity contribution in [2.75, 3.05) is 0 Å². The van der Waals surface area contributed by atoms with Crippen LogP contribution in [-0.4, -0.2) is 16.7 Å². The lowest BCUT2D eigenvalue weighted by molar-refractivity contribution is -0.361. The van der Waals surface area contributed by atoms with Gasteiger partial charge in [0.1, 0.15) is 6.10 Å². The van der Waals surface area contributed by atoms with Crippen molar-refractivity contribution in [1.82, 2.24) is 4.98 Å². The summed E-state index contributed by atoms with van der Waals surface area (Å²) in [4.78, 5) is 4.27. The van der Waals surface area contributed by atoms with Gasteiger partial charge in [0.25, 0.3) is 0 Å². The Morgan fingerprint density at radius 2 is 1.96 bits per heavy atom. The Morgan fingerprint density at radius 1 is 1.16 bits per heavy atom. The van der Waals surface area contributed by atoms with E-state index in [9.17, 15) is 15.8 Å². The maximum absolute atomic E-state index is 10.1. The molecular weight excluding hydrogens is 318 g/mol. The molecule has 3 saturated heterocycles. The van der Waals surface area contributed by atoms with Crippen molar-refractivity contribution in [1.29, 1.82) is 21.2 Å². The van der Waals surface area contributed by atoms with Crippen LogP contribution in [0, 0.1) is 56.2 Å². The van der Waals surface area contributed by atoms with Crippen LogP contribution >= 0.6 is 0 Å². The summed E-state index contributed by atoms with van der Waals surface area (Å²) in [5.74, 6) is -2.16. The molecule has 4 aliphatic rings. The summed E-state index contributed by atoms with van der Waals surface area (Å²) >= 11 is 0. The van der Waals surface area contributed by atoms with Gasteiger partial charge in [-0.1, -0.05) is 12.5 Å². The summed E-state index contributed by atoms with van der Waals surface area (Å²) in [6.45, 7) is 0. The SMILES string of the molecule is N#CC1(C#N)[C@H]2CCCC[C@]23OC(=N)[C@@]1(C#N)[C@H](c1ccccn1)O3. The minimum absolute atomic E-state index is 0.363. The molecule has 7 heteroatoms. The van der Waals surface area contributed by atoms with E-state index in [4.69, 9.17) is 14.9 Å². The van der Waals surface area contributed by atoms with Gasteiger partial charge in [-0.2, -0.15) is 15.8 Å². The molecule has 0 unspecified atom stereocenters. The molecule has 7 nitrogen and oxygen atoms in total. The van der Waals surface area contributed by atoms with Gasteiger partial charge >= 0.3 is 0 Å². The lowest BCUT2D eigenvalue weighted by Crippen LogP contribution is -2.73. The number of hydrogen-bond acceptors (Lipinski definition) is 7. The minimum Gasteiger partial charge on any atom is -0.447 e. The van der Waals surface area contributed by atoms with E-state index in [1.165, 1.54) is 0 Å². The van der Waals surface area contributed by atoms with Gasteiger partial charge in [0.2, 0.25) is 11.7 Å². The van der Waals surface area contributed by atoms with E-state index in [-0.39, 0.29) is 5.90 Å². The zero-order valence-electron chi connectivity index (χ0n) is 13.4. The number of pyridine rings is 1. The van der Waals surface area contributed by atoms with Crippen LogP contribution in [0.1, 0.15) is 37.5 Å². The smallest absolute Gasteiger partial charge is 0.218 e. The molecule has 4 heterocycles. The minimum atomic E-state index is -1.84. The number of aromatic nitrogens is 1. The van der Waals surface area contributed by atoms with E-state index in [1.54, 1.807) is 24.4 Å². The van der Waals surface area contributed by atoms with Crippen LogP contribution in [0.5, 0.6) is 0 Å². The van der Waals surface area contributed by atoms with Crippen molar-refractivity contribution < 1.29 is 9.47 Å². The Labute approximate surface area is 144 Å². The summed E-state index contributed by atoms with van der Waals surface area (Å²) < 4.78 is 12.0. The van der Waals surface area contributed by atoms with Gasteiger partial charge in [0, 0.05) is 12.6 Å². The second kappa shape index (κ2) is 5.02. The molecule has 2 bridgehead atoms. The number of fused-ring (bicyclic) bond motifs is 2. The third-order valence-electron chi connectivity index (χ3n) is 5.77. The van der Waals surface area contributed by atoms with E-state index in [0.717, 1.165) is 12.8 Å². The van der Waals surface area contributed by atoms with Crippen molar-refractivity contribution in [3.05, 3.63) is 30.1 Å². The average Bonchev–Trinajstić information content (AvgIpc) is 2.66. The van der Waals surface area contributed by atoms with Crippen LogP contribution < -0.4 is 0 Å². The molecule has 0 aromatic carbocycles. The molecule has 4 atom stereocenters. The van der Waals surface area contributed by atoms with Crippen LogP contribution in [0.15, 0.2) is 24.4 Å². The molecular formula is C18H15N5O2. The Bertz CT molecular complexity index is 850. The predicted molar refractivity (Wildman–Crippen MR) is 83.3 cm³/mol. The Kier molecular flexibility index (Phi) is 3.13.